The van der Waals surface area contributed by atoms with Gasteiger partial charge in [-0.15, -0.1) is 0 Å². The molecule has 510 valence electrons. The van der Waals surface area contributed by atoms with Crippen LogP contribution >= 0.6 is 15.6 Å². The normalized spacial score (nSPS) is 14.3. The van der Waals surface area contributed by atoms with E-state index in [0.717, 1.165) is 115 Å². The van der Waals surface area contributed by atoms with Crippen molar-refractivity contribution in [1.29, 1.82) is 0 Å². The van der Waals surface area contributed by atoms with Gasteiger partial charge in [0.05, 0.1) is 26.4 Å². The molecule has 19 heteroatoms. The van der Waals surface area contributed by atoms with Crippen molar-refractivity contribution in [3.63, 3.8) is 0 Å². The fourth-order valence-corrected chi connectivity index (χ4v) is 11.6. The van der Waals surface area contributed by atoms with E-state index in [-0.39, 0.29) is 25.7 Å². The predicted octanol–water partition coefficient (Wildman–Crippen LogP) is 18.7. The molecular weight excluding hydrogens is 1140 g/mol. The number of esters is 4. The number of phosphoric ester groups is 2. The summed E-state index contributed by atoms with van der Waals surface area (Å²) in [6, 6.07) is 0. The topological polar surface area (TPSA) is 237 Å². The zero-order valence-electron chi connectivity index (χ0n) is 55.8. The van der Waals surface area contributed by atoms with E-state index in [1.54, 1.807) is 0 Å². The predicted molar refractivity (Wildman–Crippen MR) is 344 cm³/mol. The third-order valence-corrected chi connectivity index (χ3v) is 17.3. The molecule has 0 aromatic rings. The molecule has 0 rings (SSSR count). The fourth-order valence-electron chi connectivity index (χ4n) is 10.0. The molecular formula is C67H130O17P2. The van der Waals surface area contributed by atoms with Crippen LogP contribution in [0.5, 0.6) is 0 Å². The van der Waals surface area contributed by atoms with Gasteiger partial charge in [0.2, 0.25) is 0 Å². The Kier molecular flexibility index (Phi) is 56.9. The maximum atomic E-state index is 13.0. The molecule has 0 aliphatic carbocycles. The van der Waals surface area contributed by atoms with Crippen LogP contribution in [0.3, 0.4) is 0 Å². The summed E-state index contributed by atoms with van der Waals surface area (Å²) in [7, 11) is -9.89. The van der Waals surface area contributed by atoms with E-state index in [2.05, 4.69) is 48.5 Å². The van der Waals surface area contributed by atoms with Crippen LogP contribution in [-0.2, 0) is 65.4 Å². The maximum absolute atomic E-state index is 13.0. The van der Waals surface area contributed by atoms with Crippen LogP contribution in [0, 0.1) is 17.8 Å². The Bertz CT molecular complexity index is 1700. The largest absolute Gasteiger partial charge is 0.472 e. The summed E-state index contributed by atoms with van der Waals surface area (Å²) in [5.74, 6) is 0.0843. The molecule has 2 unspecified atom stereocenters. The second-order valence-electron chi connectivity index (χ2n) is 25.6. The van der Waals surface area contributed by atoms with Gasteiger partial charge < -0.3 is 33.8 Å². The number of aliphatic hydroxyl groups excluding tert-OH is 1. The van der Waals surface area contributed by atoms with Crippen LogP contribution in [0.4, 0.5) is 0 Å². The van der Waals surface area contributed by atoms with Gasteiger partial charge >= 0.3 is 39.5 Å². The van der Waals surface area contributed by atoms with Crippen LogP contribution in [0.2, 0.25) is 0 Å². The molecule has 5 atom stereocenters. The van der Waals surface area contributed by atoms with Crippen LogP contribution in [0.15, 0.2) is 0 Å². The van der Waals surface area contributed by atoms with Crippen molar-refractivity contribution in [2.45, 2.75) is 349 Å². The van der Waals surface area contributed by atoms with Gasteiger partial charge in [-0.2, -0.15) is 0 Å². The third kappa shape index (κ3) is 60.9. The number of unbranched alkanes of at least 4 members (excludes halogenated alkanes) is 33. The summed E-state index contributed by atoms with van der Waals surface area (Å²) in [6.07, 6.45) is 40.6. The average Bonchev–Trinajstić information content (AvgIpc) is 3.62. The molecule has 0 aromatic heterocycles. The number of ether oxygens (including phenoxy) is 4. The first kappa shape index (κ1) is 84.1. The van der Waals surface area contributed by atoms with E-state index in [1.807, 2.05) is 0 Å². The average molecular weight is 1270 g/mol. The Morgan fingerprint density at radius 2 is 0.535 bits per heavy atom. The lowest BCUT2D eigenvalue weighted by molar-refractivity contribution is -0.161. The molecule has 86 heavy (non-hydrogen) atoms. The molecule has 17 nitrogen and oxygen atoms in total. The smallest absolute Gasteiger partial charge is 0.462 e. The van der Waals surface area contributed by atoms with E-state index in [9.17, 15) is 43.2 Å². The minimum atomic E-state index is -4.95. The van der Waals surface area contributed by atoms with E-state index in [0.29, 0.717) is 31.6 Å². The fraction of sp³-hybridized carbons (Fsp3) is 0.940. The van der Waals surface area contributed by atoms with Crippen LogP contribution in [0.25, 0.3) is 0 Å². The second-order valence-corrected chi connectivity index (χ2v) is 28.5. The van der Waals surface area contributed by atoms with Crippen LogP contribution in [-0.4, -0.2) is 96.7 Å². The Labute approximate surface area is 524 Å². The molecule has 0 spiro atoms. The minimum Gasteiger partial charge on any atom is -0.462 e. The first-order valence-electron chi connectivity index (χ1n) is 34.8. The Morgan fingerprint density at radius 1 is 0.314 bits per heavy atom. The van der Waals surface area contributed by atoms with Gasteiger partial charge in [0, 0.05) is 25.7 Å². The van der Waals surface area contributed by atoms with E-state index in [4.69, 9.17) is 37.0 Å². The molecule has 0 aromatic carbocycles. The van der Waals surface area contributed by atoms with Gasteiger partial charge in [0.15, 0.2) is 12.2 Å². The molecule has 0 heterocycles. The molecule has 3 N–H and O–H groups in total. The highest BCUT2D eigenvalue weighted by molar-refractivity contribution is 7.47. The number of aliphatic hydroxyl groups is 1. The molecule has 0 aliphatic heterocycles. The van der Waals surface area contributed by atoms with Gasteiger partial charge in [-0.1, -0.05) is 280 Å². The lowest BCUT2D eigenvalue weighted by Gasteiger charge is -2.21. The summed E-state index contributed by atoms with van der Waals surface area (Å²) < 4.78 is 68.0. The van der Waals surface area contributed by atoms with Crippen molar-refractivity contribution < 1.29 is 80.2 Å². The molecule has 0 amide bonds. The Morgan fingerprint density at radius 3 is 0.791 bits per heavy atom. The van der Waals surface area contributed by atoms with Crippen LogP contribution in [0.1, 0.15) is 331 Å². The third-order valence-electron chi connectivity index (χ3n) is 15.4. The number of rotatable bonds is 65. The number of hydrogen-bond acceptors (Lipinski definition) is 15. The highest BCUT2D eigenvalue weighted by atomic mass is 31.2. The number of carbonyl (C=O) groups is 4. The highest BCUT2D eigenvalue weighted by Gasteiger charge is 2.30. The van der Waals surface area contributed by atoms with E-state index >= 15 is 0 Å². The van der Waals surface area contributed by atoms with Gasteiger partial charge in [-0.25, -0.2) is 9.13 Å². The van der Waals surface area contributed by atoms with E-state index in [1.165, 1.54) is 128 Å². The lowest BCUT2D eigenvalue weighted by Crippen LogP contribution is -2.30. The zero-order chi connectivity index (χ0) is 63.8. The Balaban J connectivity index is 5.20. The van der Waals surface area contributed by atoms with E-state index < -0.39 is 97.5 Å². The molecule has 0 fully saturated rings. The molecule has 0 saturated carbocycles. The van der Waals surface area contributed by atoms with Crippen LogP contribution < -0.4 is 0 Å². The van der Waals surface area contributed by atoms with Crippen molar-refractivity contribution in [3.8, 4) is 0 Å². The summed E-state index contributed by atoms with van der Waals surface area (Å²) >= 11 is 0. The minimum absolute atomic E-state index is 0.101. The number of carbonyl (C=O) groups excluding carboxylic acids is 4. The standard InChI is InChI=1S/C67H130O17P2/c1-8-9-10-11-24-34-41-48-64(69)77-54-63(84-67(72)51-44-37-30-29-33-40-47-60(6)7)57-82-86(75,76)80-53-61(68)52-79-85(73,74)81-56-62(55-78-65(70)49-42-35-27-22-19-18-21-26-32-39-46-59(4)5)83-66(71)50-43-36-28-23-17-15-13-12-14-16-20-25-31-38-45-58(2)3/h58-63,68H,8-57H2,1-7H3,(H,73,74)(H,75,76)/t61-,62-,63-/m1/s1. The first-order chi connectivity index (χ1) is 41.2. The number of hydrogen-bond donors (Lipinski definition) is 3. The SMILES string of the molecule is CCCCCCCCCC(=O)OC[C@H](COP(=O)(O)OC[C@H](O)COP(=O)(O)OC[C@@H](COC(=O)CCCCCCCCCCCCC(C)C)OC(=O)CCCCCCCCCCCCCCCCC(C)C)OC(=O)CCCCCCCCC(C)C. The summed E-state index contributed by atoms with van der Waals surface area (Å²) in [6.45, 7) is 11.7. The Hall–Kier alpha value is -1.94. The van der Waals surface area contributed by atoms with Crippen molar-refractivity contribution >= 4 is 39.5 Å². The van der Waals surface area contributed by atoms with Crippen molar-refractivity contribution in [1.82, 2.24) is 0 Å². The molecule has 0 bridgehead atoms. The van der Waals surface area contributed by atoms with Gasteiger partial charge in [-0.05, 0) is 43.4 Å². The highest BCUT2D eigenvalue weighted by Crippen LogP contribution is 2.45. The summed E-state index contributed by atoms with van der Waals surface area (Å²) in [4.78, 5) is 72.2. The van der Waals surface area contributed by atoms with Crippen molar-refractivity contribution in [2.24, 2.45) is 17.8 Å². The quantitative estimate of drug-likeness (QED) is 0.0222. The second kappa shape index (κ2) is 58.2. The maximum Gasteiger partial charge on any atom is 0.472 e. The zero-order valence-corrected chi connectivity index (χ0v) is 57.6. The first-order valence-corrected chi connectivity index (χ1v) is 37.8. The number of phosphoric acid groups is 2. The lowest BCUT2D eigenvalue weighted by atomic mass is 10.0. The van der Waals surface area contributed by atoms with Gasteiger partial charge in [0.1, 0.15) is 19.3 Å². The monoisotopic (exact) mass is 1270 g/mol. The summed E-state index contributed by atoms with van der Waals surface area (Å²) in [5, 5.41) is 10.5. The molecule has 0 aliphatic rings. The molecule has 0 radical (unpaired) electrons. The van der Waals surface area contributed by atoms with Crippen molar-refractivity contribution in [2.75, 3.05) is 39.6 Å². The summed E-state index contributed by atoms with van der Waals surface area (Å²) in [5.41, 5.74) is 0. The molecule has 0 saturated heterocycles. The van der Waals surface area contributed by atoms with Gasteiger partial charge in [-0.3, -0.25) is 37.3 Å². The van der Waals surface area contributed by atoms with Gasteiger partial charge in [0.25, 0.3) is 0 Å². The van der Waals surface area contributed by atoms with Crippen molar-refractivity contribution in [3.05, 3.63) is 0 Å².